The fourth-order valence-corrected chi connectivity index (χ4v) is 4.74. The monoisotopic (exact) mass is 552 g/mol. The summed E-state index contributed by atoms with van der Waals surface area (Å²) >= 11 is 9.86. The van der Waals surface area contributed by atoms with E-state index in [1.807, 2.05) is 0 Å². The van der Waals surface area contributed by atoms with Crippen LogP contribution in [0.15, 0.2) is 45.8 Å². The predicted molar refractivity (Wildman–Crippen MR) is 132 cm³/mol. The molecule has 3 rings (SSSR count). The molecule has 1 saturated heterocycles. The normalized spacial score (nSPS) is 14.5. The van der Waals surface area contributed by atoms with Gasteiger partial charge in [0.1, 0.15) is 0 Å². The number of methoxy groups -OCH3 is 1. The van der Waals surface area contributed by atoms with Crippen LogP contribution >= 0.6 is 39.9 Å². The maximum absolute atomic E-state index is 13.0. The molecule has 1 aliphatic heterocycles. The highest BCUT2D eigenvalue weighted by Gasteiger charge is 2.33. The smallest absolute Gasteiger partial charge is 0.344 e. The number of rotatable bonds is 8. The third kappa shape index (κ3) is 5.70. The minimum atomic E-state index is -0.515. The van der Waals surface area contributed by atoms with Crippen molar-refractivity contribution in [3.8, 4) is 11.5 Å². The largest absolute Gasteiger partial charge is 0.493 e. The summed E-state index contributed by atoms with van der Waals surface area (Å²) in [6.07, 6.45) is 1.65. The van der Waals surface area contributed by atoms with Gasteiger partial charge in [0.15, 0.2) is 22.4 Å². The number of amides is 1. The highest BCUT2D eigenvalue weighted by Crippen LogP contribution is 2.40. The lowest BCUT2D eigenvalue weighted by Crippen LogP contribution is -2.27. The summed E-state index contributed by atoms with van der Waals surface area (Å²) in [5.41, 5.74) is 0.987. The molecule has 9 nitrogen and oxygen atoms in total. The van der Waals surface area contributed by atoms with Gasteiger partial charge in [0, 0.05) is 12.1 Å². The maximum Gasteiger partial charge on any atom is 0.344 e. The van der Waals surface area contributed by atoms with Crippen molar-refractivity contribution >= 4 is 73.6 Å². The second-order valence-corrected chi connectivity index (χ2v) is 8.95. The molecule has 0 N–H and O–H groups in total. The number of nitro groups is 1. The Bertz CT molecular complexity index is 1150. The summed E-state index contributed by atoms with van der Waals surface area (Å²) in [5, 5.41) is 10.9. The number of esters is 1. The summed E-state index contributed by atoms with van der Waals surface area (Å²) in [4.78, 5) is 36.6. The Labute approximate surface area is 207 Å². The first-order valence-corrected chi connectivity index (χ1v) is 11.4. The molecule has 0 aliphatic carbocycles. The third-order valence-electron chi connectivity index (χ3n) is 4.30. The zero-order valence-corrected chi connectivity index (χ0v) is 20.6. The van der Waals surface area contributed by atoms with Gasteiger partial charge in [-0.05, 0) is 58.8 Å². The van der Waals surface area contributed by atoms with E-state index in [0.29, 0.717) is 36.4 Å². The van der Waals surface area contributed by atoms with Gasteiger partial charge >= 0.3 is 5.97 Å². The molecule has 1 amide bonds. The van der Waals surface area contributed by atoms with E-state index in [4.69, 9.17) is 26.4 Å². The van der Waals surface area contributed by atoms with Crippen molar-refractivity contribution in [2.24, 2.45) is 0 Å². The van der Waals surface area contributed by atoms with Gasteiger partial charge in [0.2, 0.25) is 0 Å². The molecule has 0 atom stereocenters. The SMILES string of the molecule is CCOC(=O)COc1c(Br)cc(/C=C2/SC(=S)N(c3ccc([N+](=O)[O-])cc3)C2=O)cc1OC. The van der Waals surface area contributed by atoms with Crippen LogP contribution in [-0.2, 0) is 14.3 Å². The molecule has 1 heterocycles. The summed E-state index contributed by atoms with van der Waals surface area (Å²) < 4.78 is 16.6. The molecule has 2 aromatic carbocycles. The fraction of sp³-hybridized carbons (Fsp3) is 0.190. The average Bonchev–Trinajstić information content (AvgIpc) is 3.05. The topological polar surface area (TPSA) is 108 Å². The van der Waals surface area contributed by atoms with Crippen molar-refractivity contribution < 1.29 is 28.7 Å². The fourth-order valence-electron chi connectivity index (χ4n) is 2.86. The minimum absolute atomic E-state index is 0.0815. The Kier molecular flexibility index (Phi) is 8.06. The van der Waals surface area contributed by atoms with Crippen LogP contribution in [0.4, 0.5) is 11.4 Å². The van der Waals surface area contributed by atoms with Crippen LogP contribution in [0.1, 0.15) is 12.5 Å². The third-order valence-corrected chi connectivity index (χ3v) is 6.19. The second-order valence-electron chi connectivity index (χ2n) is 6.42. The average molecular weight is 553 g/mol. The summed E-state index contributed by atoms with van der Waals surface area (Å²) in [7, 11) is 1.46. The van der Waals surface area contributed by atoms with Crippen LogP contribution in [0, 0.1) is 10.1 Å². The number of ether oxygens (including phenoxy) is 3. The van der Waals surface area contributed by atoms with E-state index in [1.54, 1.807) is 25.1 Å². The molecule has 172 valence electrons. The molecule has 1 aliphatic rings. The van der Waals surface area contributed by atoms with E-state index in [-0.39, 0.29) is 24.8 Å². The molecule has 1 fully saturated rings. The van der Waals surface area contributed by atoms with E-state index < -0.39 is 10.9 Å². The number of nitro benzene ring substituents is 1. The van der Waals surface area contributed by atoms with E-state index in [2.05, 4.69) is 15.9 Å². The van der Waals surface area contributed by atoms with Crippen molar-refractivity contribution in [3.63, 3.8) is 0 Å². The van der Waals surface area contributed by atoms with Crippen LogP contribution in [-0.4, -0.2) is 41.4 Å². The number of benzene rings is 2. The van der Waals surface area contributed by atoms with Crippen molar-refractivity contribution in [3.05, 3.63) is 61.5 Å². The number of nitrogens with zero attached hydrogens (tertiary/aromatic N) is 2. The van der Waals surface area contributed by atoms with Crippen LogP contribution in [0.5, 0.6) is 11.5 Å². The lowest BCUT2D eigenvalue weighted by Gasteiger charge is -2.14. The van der Waals surface area contributed by atoms with Crippen LogP contribution < -0.4 is 14.4 Å². The van der Waals surface area contributed by atoms with E-state index in [9.17, 15) is 19.7 Å². The Morgan fingerprint density at radius 1 is 1.30 bits per heavy atom. The quantitative estimate of drug-likeness (QED) is 0.151. The number of non-ortho nitro benzene ring substituents is 1. The van der Waals surface area contributed by atoms with Gasteiger partial charge in [-0.3, -0.25) is 19.8 Å². The zero-order valence-electron chi connectivity index (χ0n) is 17.4. The Morgan fingerprint density at radius 3 is 2.61 bits per heavy atom. The number of halogens is 1. The molecule has 12 heteroatoms. The summed E-state index contributed by atoms with van der Waals surface area (Å²) in [6.45, 7) is 1.67. The van der Waals surface area contributed by atoms with Gasteiger partial charge in [-0.15, -0.1) is 0 Å². The van der Waals surface area contributed by atoms with Crippen molar-refractivity contribution in [2.45, 2.75) is 6.92 Å². The summed E-state index contributed by atoms with van der Waals surface area (Å²) in [6, 6.07) is 8.94. The Balaban J connectivity index is 1.84. The maximum atomic E-state index is 13.0. The predicted octanol–water partition coefficient (Wildman–Crippen LogP) is 4.71. The number of carbonyl (C=O) groups excluding carboxylic acids is 2. The van der Waals surface area contributed by atoms with Gasteiger partial charge < -0.3 is 14.2 Å². The molecule has 0 aromatic heterocycles. The Morgan fingerprint density at radius 2 is 2.00 bits per heavy atom. The van der Waals surface area contributed by atoms with Crippen LogP contribution in [0.2, 0.25) is 0 Å². The molecular weight excluding hydrogens is 536 g/mol. The van der Waals surface area contributed by atoms with E-state index in [1.165, 1.54) is 36.3 Å². The number of thiocarbonyl (C=S) groups is 1. The Hall–Kier alpha value is -2.96. The van der Waals surface area contributed by atoms with Crippen molar-refractivity contribution in [1.82, 2.24) is 0 Å². The van der Waals surface area contributed by atoms with E-state index in [0.717, 1.165) is 11.8 Å². The highest BCUT2D eigenvalue weighted by molar-refractivity contribution is 9.10. The van der Waals surface area contributed by atoms with Crippen molar-refractivity contribution in [1.29, 1.82) is 0 Å². The van der Waals surface area contributed by atoms with Gasteiger partial charge in [0.05, 0.1) is 33.7 Å². The highest BCUT2D eigenvalue weighted by atomic mass is 79.9. The number of hydrogen-bond acceptors (Lipinski definition) is 9. The lowest BCUT2D eigenvalue weighted by molar-refractivity contribution is -0.384. The van der Waals surface area contributed by atoms with Gasteiger partial charge in [-0.25, -0.2) is 4.79 Å². The van der Waals surface area contributed by atoms with Gasteiger partial charge in [-0.1, -0.05) is 24.0 Å². The first kappa shape index (κ1) is 24.7. The molecule has 0 saturated carbocycles. The number of thioether (sulfide) groups is 1. The molecule has 2 aromatic rings. The van der Waals surface area contributed by atoms with Crippen LogP contribution in [0.25, 0.3) is 6.08 Å². The molecule has 0 unspecified atom stereocenters. The first-order valence-electron chi connectivity index (χ1n) is 9.43. The standard InChI is InChI=1S/C21H17BrN2O7S2/c1-3-30-18(25)11-31-19-15(22)8-12(9-16(19)29-2)10-17-20(26)23(21(32)33-17)13-4-6-14(7-5-13)24(27)28/h4-10H,3,11H2,1-2H3/b17-10+. The summed E-state index contributed by atoms with van der Waals surface area (Å²) in [5.74, 6) is -0.186. The molecule has 33 heavy (non-hydrogen) atoms. The molecular formula is C21H17BrN2O7S2. The van der Waals surface area contributed by atoms with Gasteiger partial charge in [0.25, 0.3) is 11.6 Å². The van der Waals surface area contributed by atoms with E-state index >= 15 is 0 Å². The lowest BCUT2D eigenvalue weighted by atomic mass is 10.1. The van der Waals surface area contributed by atoms with Crippen LogP contribution in [0.3, 0.4) is 0 Å². The number of carbonyl (C=O) groups is 2. The minimum Gasteiger partial charge on any atom is -0.493 e. The number of hydrogen-bond donors (Lipinski definition) is 0. The van der Waals surface area contributed by atoms with Gasteiger partial charge in [-0.2, -0.15) is 0 Å². The first-order chi connectivity index (χ1) is 15.7. The molecule has 0 radical (unpaired) electrons. The molecule has 0 bridgehead atoms. The number of anilines is 1. The zero-order chi connectivity index (χ0) is 24.1. The molecule has 0 spiro atoms. The second kappa shape index (κ2) is 10.8. The van der Waals surface area contributed by atoms with Crippen molar-refractivity contribution in [2.75, 3.05) is 25.2 Å².